The van der Waals surface area contributed by atoms with Gasteiger partial charge < -0.3 is 10.6 Å². The van der Waals surface area contributed by atoms with Crippen LogP contribution >= 0.6 is 15.9 Å². The fraction of sp³-hybridized carbons (Fsp3) is 0.286. The average Bonchev–Trinajstić information content (AvgIpc) is 2.30. The predicted octanol–water partition coefficient (Wildman–Crippen LogP) is 2.28. The fourth-order valence-corrected chi connectivity index (χ4v) is 2.02. The lowest BCUT2D eigenvalue weighted by Crippen LogP contribution is -2.16. The standard InChI is InChI=1S/C14H15BrN2O4/c1-8(18)5-13(20)16-10-3-4-12(11(15)7-10)17-14(21)6-9(2)19/h3-4,7H,5-6H2,1-2H3,(H,16,20)(H,17,21). The van der Waals surface area contributed by atoms with Gasteiger partial charge >= 0.3 is 0 Å². The second kappa shape index (κ2) is 7.68. The maximum absolute atomic E-state index is 11.5. The van der Waals surface area contributed by atoms with Gasteiger partial charge in [0, 0.05) is 10.2 Å². The van der Waals surface area contributed by atoms with Gasteiger partial charge in [-0.15, -0.1) is 0 Å². The number of amides is 2. The largest absolute Gasteiger partial charge is 0.326 e. The molecule has 1 aromatic rings. The minimum absolute atomic E-state index is 0.186. The summed E-state index contributed by atoms with van der Waals surface area (Å²) in [4.78, 5) is 44.6. The predicted molar refractivity (Wildman–Crippen MR) is 82.0 cm³/mol. The molecule has 0 aliphatic rings. The number of ketones is 2. The summed E-state index contributed by atoms with van der Waals surface area (Å²) in [6.07, 6.45) is -0.377. The van der Waals surface area contributed by atoms with E-state index in [0.29, 0.717) is 15.8 Å². The zero-order chi connectivity index (χ0) is 16.0. The molecule has 7 heteroatoms. The highest BCUT2D eigenvalue weighted by Gasteiger charge is 2.10. The molecule has 0 fully saturated rings. The zero-order valence-corrected chi connectivity index (χ0v) is 13.2. The number of carbonyl (C=O) groups excluding carboxylic acids is 4. The van der Waals surface area contributed by atoms with E-state index in [1.165, 1.54) is 13.8 Å². The first-order valence-corrected chi connectivity index (χ1v) is 6.95. The van der Waals surface area contributed by atoms with Gasteiger partial charge in [-0.25, -0.2) is 0 Å². The summed E-state index contributed by atoms with van der Waals surface area (Å²) in [7, 11) is 0. The van der Waals surface area contributed by atoms with Gasteiger partial charge in [0.1, 0.15) is 11.6 Å². The molecule has 112 valence electrons. The van der Waals surface area contributed by atoms with Gasteiger partial charge in [0.15, 0.2) is 0 Å². The van der Waals surface area contributed by atoms with E-state index >= 15 is 0 Å². The van der Waals surface area contributed by atoms with E-state index in [4.69, 9.17) is 0 Å². The van der Waals surface area contributed by atoms with E-state index in [0.717, 1.165) is 0 Å². The van der Waals surface area contributed by atoms with Crippen molar-refractivity contribution in [3.05, 3.63) is 22.7 Å². The van der Waals surface area contributed by atoms with Crippen LogP contribution in [0.1, 0.15) is 26.7 Å². The van der Waals surface area contributed by atoms with Gasteiger partial charge in [0.05, 0.1) is 18.5 Å². The highest BCUT2D eigenvalue weighted by Crippen LogP contribution is 2.26. The number of carbonyl (C=O) groups is 4. The molecule has 0 radical (unpaired) electrons. The Balaban J connectivity index is 2.72. The number of halogens is 1. The van der Waals surface area contributed by atoms with E-state index in [1.54, 1.807) is 18.2 Å². The molecule has 0 spiro atoms. The van der Waals surface area contributed by atoms with Crippen molar-refractivity contribution in [1.29, 1.82) is 0 Å². The average molecular weight is 355 g/mol. The van der Waals surface area contributed by atoms with Crippen LogP contribution in [0.3, 0.4) is 0 Å². The zero-order valence-electron chi connectivity index (χ0n) is 11.7. The molecule has 0 bridgehead atoms. The lowest BCUT2D eigenvalue weighted by molar-refractivity contribution is -0.125. The Bertz CT molecular complexity index is 599. The summed E-state index contributed by atoms with van der Waals surface area (Å²) in [5.74, 6) is -1.25. The fourth-order valence-electron chi connectivity index (χ4n) is 1.55. The first-order chi connectivity index (χ1) is 9.77. The number of benzene rings is 1. The van der Waals surface area contributed by atoms with Gasteiger partial charge in [0.25, 0.3) is 0 Å². The minimum Gasteiger partial charge on any atom is -0.326 e. The summed E-state index contributed by atoms with van der Waals surface area (Å²) in [6, 6.07) is 4.78. The lowest BCUT2D eigenvalue weighted by atomic mass is 10.2. The van der Waals surface area contributed by atoms with E-state index in [-0.39, 0.29) is 24.4 Å². The van der Waals surface area contributed by atoms with Gasteiger partial charge in [-0.05, 0) is 48.0 Å². The van der Waals surface area contributed by atoms with Crippen LogP contribution in [0.15, 0.2) is 22.7 Å². The Labute approximate surface area is 130 Å². The normalized spacial score (nSPS) is 9.86. The molecule has 0 aliphatic heterocycles. The summed E-state index contributed by atoms with van der Waals surface area (Å²) in [5.41, 5.74) is 0.989. The van der Waals surface area contributed by atoms with Crippen molar-refractivity contribution >= 4 is 50.7 Å². The van der Waals surface area contributed by atoms with Crippen molar-refractivity contribution in [3.63, 3.8) is 0 Å². The first kappa shape index (κ1) is 17.0. The molecule has 2 N–H and O–H groups in total. The van der Waals surface area contributed by atoms with E-state index in [2.05, 4.69) is 26.6 Å². The van der Waals surface area contributed by atoms with Crippen molar-refractivity contribution < 1.29 is 19.2 Å². The Morgan fingerprint density at radius 3 is 1.95 bits per heavy atom. The monoisotopic (exact) mass is 354 g/mol. The van der Waals surface area contributed by atoms with Gasteiger partial charge in [-0.2, -0.15) is 0 Å². The van der Waals surface area contributed by atoms with Gasteiger partial charge in [0.2, 0.25) is 11.8 Å². The number of rotatable bonds is 6. The molecule has 0 aliphatic carbocycles. The van der Waals surface area contributed by atoms with Crippen LogP contribution in [-0.2, 0) is 19.2 Å². The summed E-state index contributed by atoms with van der Waals surface area (Å²) >= 11 is 3.26. The van der Waals surface area contributed by atoms with Gasteiger partial charge in [-0.1, -0.05) is 0 Å². The van der Waals surface area contributed by atoms with Crippen molar-refractivity contribution in [2.45, 2.75) is 26.7 Å². The number of anilines is 2. The Hall–Kier alpha value is -2.02. The summed E-state index contributed by atoms with van der Waals surface area (Å²) in [6.45, 7) is 2.67. The molecule has 6 nitrogen and oxygen atoms in total. The van der Waals surface area contributed by atoms with Gasteiger partial charge in [-0.3, -0.25) is 19.2 Å². The second-order valence-electron chi connectivity index (χ2n) is 4.55. The minimum atomic E-state index is -0.406. The van der Waals surface area contributed by atoms with Crippen molar-refractivity contribution in [1.82, 2.24) is 0 Å². The Kier molecular flexibility index (Phi) is 6.23. The molecular formula is C14H15BrN2O4. The third-order valence-electron chi connectivity index (χ3n) is 2.35. The van der Waals surface area contributed by atoms with Crippen LogP contribution in [-0.4, -0.2) is 23.4 Å². The number of Topliss-reactive ketones (excluding diaryl/α,β-unsaturated/α-hetero) is 2. The molecule has 0 atom stereocenters. The molecule has 1 rings (SSSR count). The molecule has 0 unspecified atom stereocenters. The third kappa shape index (κ3) is 6.31. The van der Waals surface area contributed by atoms with Crippen molar-refractivity contribution in [2.24, 2.45) is 0 Å². The molecule has 21 heavy (non-hydrogen) atoms. The molecule has 0 saturated carbocycles. The third-order valence-corrected chi connectivity index (χ3v) is 3.00. The SMILES string of the molecule is CC(=O)CC(=O)Nc1ccc(NC(=O)CC(C)=O)c(Br)c1. The summed E-state index contributed by atoms with van der Waals surface area (Å²) in [5, 5.41) is 5.15. The number of nitrogens with one attached hydrogen (secondary N) is 2. The van der Waals surface area contributed by atoms with Crippen molar-refractivity contribution in [3.8, 4) is 0 Å². The molecule has 2 amide bonds. The van der Waals surface area contributed by atoms with Crippen LogP contribution in [0, 0.1) is 0 Å². The van der Waals surface area contributed by atoms with E-state index in [1.807, 2.05) is 0 Å². The molecule has 0 heterocycles. The maximum Gasteiger partial charge on any atom is 0.231 e. The van der Waals surface area contributed by atoms with Crippen LogP contribution < -0.4 is 10.6 Å². The van der Waals surface area contributed by atoms with Crippen LogP contribution in [0.2, 0.25) is 0 Å². The smallest absolute Gasteiger partial charge is 0.231 e. The highest BCUT2D eigenvalue weighted by atomic mass is 79.9. The number of hydrogen-bond acceptors (Lipinski definition) is 4. The van der Waals surface area contributed by atoms with Crippen LogP contribution in [0.4, 0.5) is 11.4 Å². The Morgan fingerprint density at radius 1 is 0.952 bits per heavy atom. The second-order valence-corrected chi connectivity index (χ2v) is 5.40. The summed E-state index contributed by atoms with van der Waals surface area (Å²) < 4.78 is 0.556. The quantitative estimate of drug-likeness (QED) is 0.766. The Morgan fingerprint density at radius 2 is 1.48 bits per heavy atom. The van der Waals surface area contributed by atoms with Crippen LogP contribution in [0.5, 0.6) is 0 Å². The molecule has 1 aromatic carbocycles. The number of hydrogen-bond donors (Lipinski definition) is 2. The van der Waals surface area contributed by atoms with E-state index < -0.39 is 11.8 Å². The van der Waals surface area contributed by atoms with Crippen molar-refractivity contribution in [2.75, 3.05) is 10.6 Å². The highest BCUT2D eigenvalue weighted by molar-refractivity contribution is 9.10. The first-order valence-electron chi connectivity index (χ1n) is 6.16. The molecule has 0 saturated heterocycles. The molecule has 0 aromatic heterocycles. The maximum atomic E-state index is 11.5. The van der Waals surface area contributed by atoms with Crippen LogP contribution in [0.25, 0.3) is 0 Å². The van der Waals surface area contributed by atoms with E-state index in [9.17, 15) is 19.2 Å². The lowest BCUT2D eigenvalue weighted by Gasteiger charge is -2.09. The topological polar surface area (TPSA) is 92.3 Å². The molecular weight excluding hydrogens is 340 g/mol.